The summed E-state index contributed by atoms with van der Waals surface area (Å²) in [5.74, 6) is 0.739. The highest BCUT2D eigenvalue weighted by Gasteiger charge is 2.25. The standard InChI is InChI=1S/C24H20N2O/c1-24(2,3)22-21-20(25-23(26-22)16-10-5-4-6-11-16)19-17-12-8-7-9-15(17)13-14-18(19)27-21/h4-14H,1-3H3. The molecule has 0 atom stereocenters. The van der Waals surface area contributed by atoms with Crippen LogP contribution in [0.5, 0.6) is 0 Å². The number of hydrogen-bond acceptors (Lipinski definition) is 3. The Morgan fingerprint density at radius 2 is 1.52 bits per heavy atom. The maximum Gasteiger partial charge on any atom is 0.175 e. The van der Waals surface area contributed by atoms with Crippen molar-refractivity contribution in [3.05, 3.63) is 72.4 Å². The van der Waals surface area contributed by atoms with Gasteiger partial charge in [-0.05, 0) is 16.8 Å². The van der Waals surface area contributed by atoms with Crippen molar-refractivity contribution in [2.75, 3.05) is 0 Å². The summed E-state index contributed by atoms with van der Waals surface area (Å²) < 4.78 is 6.28. The van der Waals surface area contributed by atoms with Gasteiger partial charge in [-0.2, -0.15) is 0 Å². The van der Waals surface area contributed by atoms with E-state index in [-0.39, 0.29) is 5.41 Å². The van der Waals surface area contributed by atoms with Crippen molar-refractivity contribution < 1.29 is 4.42 Å². The van der Waals surface area contributed by atoms with E-state index in [1.54, 1.807) is 0 Å². The van der Waals surface area contributed by atoms with E-state index in [2.05, 4.69) is 51.1 Å². The minimum absolute atomic E-state index is 0.158. The normalized spacial score (nSPS) is 12.3. The fourth-order valence-corrected chi connectivity index (χ4v) is 3.63. The number of hydrogen-bond donors (Lipinski definition) is 0. The minimum Gasteiger partial charge on any atom is -0.452 e. The van der Waals surface area contributed by atoms with Crippen molar-refractivity contribution in [3.8, 4) is 11.4 Å². The van der Waals surface area contributed by atoms with E-state index < -0.39 is 0 Å². The maximum absolute atomic E-state index is 6.28. The zero-order chi connectivity index (χ0) is 18.6. The molecule has 0 spiro atoms. The molecule has 3 heteroatoms. The summed E-state index contributed by atoms with van der Waals surface area (Å²) in [6.07, 6.45) is 0. The van der Waals surface area contributed by atoms with Gasteiger partial charge in [0.2, 0.25) is 0 Å². The van der Waals surface area contributed by atoms with Crippen LogP contribution in [0.15, 0.2) is 71.1 Å². The minimum atomic E-state index is -0.158. The number of aromatic nitrogens is 2. The van der Waals surface area contributed by atoms with Crippen LogP contribution in [0.25, 0.3) is 44.2 Å². The third-order valence-corrected chi connectivity index (χ3v) is 4.95. The molecule has 2 heterocycles. The summed E-state index contributed by atoms with van der Waals surface area (Å²) in [7, 11) is 0. The number of fused-ring (bicyclic) bond motifs is 5. The summed E-state index contributed by atoms with van der Waals surface area (Å²) >= 11 is 0. The molecule has 5 rings (SSSR count). The number of nitrogens with zero attached hydrogens (tertiary/aromatic N) is 2. The van der Waals surface area contributed by atoms with Crippen molar-refractivity contribution in [1.82, 2.24) is 9.97 Å². The molecule has 0 amide bonds. The third kappa shape index (κ3) is 2.50. The number of benzene rings is 3. The van der Waals surface area contributed by atoms with Crippen LogP contribution in [-0.4, -0.2) is 9.97 Å². The topological polar surface area (TPSA) is 38.9 Å². The Balaban J connectivity index is 1.98. The van der Waals surface area contributed by atoms with Gasteiger partial charge in [-0.15, -0.1) is 0 Å². The Hall–Kier alpha value is -3.20. The Morgan fingerprint density at radius 3 is 2.30 bits per heavy atom. The monoisotopic (exact) mass is 352 g/mol. The molecule has 0 aliphatic rings. The van der Waals surface area contributed by atoms with Crippen LogP contribution in [0.3, 0.4) is 0 Å². The fourth-order valence-electron chi connectivity index (χ4n) is 3.63. The SMILES string of the molecule is CC(C)(C)c1nc(-c2ccccc2)nc2c1oc1ccc3ccccc3c12. The lowest BCUT2D eigenvalue weighted by molar-refractivity contribution is 0.552. The van der Waals surface area contributed by atoms with E-state index in [0.717, 1.165) is 44.5 Å². The van der Waals surface area contributed by atoms with Crippen LogP contribution >= 0.6 is 0 Å². The highest BCUT2D eigenvalue weighted by Crippen LogP contribution is 2.38. The van der Waals surface area contributed by atoms with Crippen molar-refractivity contribution in [2.45, 2.75) is 26.2 Å². The van der Waals surface area contributed by atoms with Gasteiger partial charge >= 0.3 is 0 Å². The van der Waals surface area contributed by atoms with Gasteiger partial charge in [-0.25, -0.2) is 9.97 Å². The Morgan fingerprint density at radius 1 is 0.778 bits per heavy atom. The molecule has 3 aromatic carbocycles. The summed E-state index contributed by atoms with van der Waals surface area (Å²) in [5, 5.41) is 3.41. The van der Waals surface area contributed by atoms with Gasteiger partial charge in [0.1, 0.15) is 11.1 Å². The van der Waals surface area contributed by atoms with Gasteiger partial charge in [-0.3, -0.25) is 0 Å². The van der Waals surface area contributed by atoms with E-state index in [1.165, 1.54) is 5.39 Å². The lowest BCUT2D eigenvalue weighted by atomic mass is 9.91. The van der Waals surface area contributed by atoms with Crippen LogP contribution < -0.4 is 0 Å². The van der Waals surface area contributed by atoms with Crippen LogP contribution in [0.1, 0.15) is 26.5 Å². The van der Waals surface area contributed by atoms with E-state index in [9.17, 15) is 0 Å². The first-order valence-electron chi connectivity index (χ1n) is 9.20. The van der Waals surface area contributed by atoms with Gasteiger partial charge in [0.05, 0.1) is 11.1 Å². The molecule has 0 saturated carbocycles. The third-order valence-electron chi connectivity index (χ3n) is 4.95. The first-order valence-corrected chi connectivity index (χ1v) is 9.20. The lowest BCUT2D eigenvalue weighted by Gasteiger charge is -2.18. The highest BCUT2D eigenvalue weighted by molar-refractivity contribution is 6.17. The van der Waals surface area contributed by atoms with Crippen LogP contribution in [0.2, 0.25) is 0 Å². The Kier molecular flexibility index (Phi) is 3.35. The van der Waals surface area contributed by atoms with Gasteiger partial charge < -0.3 is 4.42 Å². The average Bonchev–Trinajstić information content (AvgIpc) is 3.06. The van der Waals surface area contributed by atoms with E-state index >= 15 is 0 Å². The van der Waals surface area contributed by atoms with Gasteiger partial charge in [0.25, 0.3) is 0 Å². The second-order valence-corrected chi connectivity index (χ2v) is 7.95. The molecule has 0 saturated heterocycles. The first kappa shape index (κ1) is 16.0. The van der Waals surface area contributed by atoms with Gasteiger partial charge in [0, 0.05) is 11.0 Å². The Labute approximate surface area is 157 Å². The summed E-state index contributed by atoms with van der Waals surface area (Å²) in [5.41, 5.74) is 4.32. The first-order chi connectivity index (χ1) is 13.0. The molecule has 3 nitrogen and oxygen atoms in total. The quantitative estimate of drug-likeness (QED) is 0.346. The second-order valence-electron chi connectivity index (χ2n) is 7.95. The zero-order valence-corrected chi connectivity index (χ0v) is 15.7. The molecule has 0 aliphatic carbocycles. The molecule has 0 fully saturated rings. The maximum atomic E-state index is 6.28. The van der Waals surface area contributed by atoms with Crippen LogP contribution in [-0.2, 0) is 5.41 Å². The molecule has 0 bridgehead atoms. The predicted molar refractivity (Wildman–Crippen MR) is 111 cm³/mol. The molecule has 2 aromatic heterocycles. The number of furan rings is 1. The molecule has 27 heavy (non-hydrogen) atoms. The molecule has 5 aromatic rings. The molecule has 0 radical (unpaired) electrons. The average molecular weight is 352 g/mol. The summed E-state index contributed by atoms with van der Waals surface area (Å²) in [4.78, 5) is 9.87. The van der Waals surface area contributed by atoms with Crippen molar-refractivity contribution >= 4 is 32.8 Å². The van der Waals surface area contributed by atoms with Crippen molar-refractivity contribution in [2.24, 2.45) is 0 Å². The van der Waals surface area contributed by atoms with Crippen molar-refractivity contribution in [3.63, 3.8) is 0 Å². The van der Waals surface area contributed by atoms with Crippen LogP contribution in [0.4, 0.5) is 0 Å². The van der Waals surface area contributed by atoms with E-state index in [1.807, 2.05) is 36.4 Å². The van der Waals surface area contributed by atoms with Crippen molar-refractivity contribution in [1.29, 1.82) is 0 Å². The molecule has 0 unspecified atom stereocenters. The summed E-state index contributed by atoms with van der Waals surface area (Å²) in [6, 6.07) is 22.6. The largest absolute Gasteiger partial charge is 0.452 e. The molecule has 0 N–H and O–H groups in total. The fraction of sp³-hybridized carbons (Fsp3) is 0.167. The summed E-state index contributed by atoms with van der Waals surface area (Å²) in [6.45, 7) is 6.48. The van der Waals surface area contributed by atoms with Gasteiger partial charge in [-0.1, -0.05) is 81.4 Å². The molecule has 132 valence electrons. The molecular weight excluding hydrogens is 332 g/mol. The second kappa shape index (κ2) is 5.65. The zero-order valence-electron chi connectivity index (χ0n) is 15.7. The Bertz CT molecular complexity index is 1290. The predicted octanol–water partition coefficient (Wildman–Crippen LogP) is 6.49. The number of rotatable bonds is 1. The lowest BCUT2D eigenvalue weighted by Crippen LogP contribution is -2.15. The van der Waals surface area contributed by atoms with Crippen LogP contribution in [0, 0.1) is 0 Å². The highest BCUT2D eigenvalue weighted by atomic mass is 16.3. The smallest absolute Gasteiger partial charge is 0.175 e. The van der Waals surface area contributed by atoms with E-state index in [0.29, 0.717) is 0 Å². The molecular formula is C24H20N2O. The van der Waals surface area contributed by atoms with Gasteiger partial charge in [0.15, 0.2) is 11.4 Å². The van der Waals surface area contributed by atoms with E-state index in [4.69, 9.17) is 14.4 Å². The molecule has 0 aliphatic heterocycles.